The Hall–Kier alpha value is -3.50. The minimum atomic E-state index is -1.83. The zero-order chi connectivity index (χ0) is 21.4. The normalized spacial score (nSPS) is 12.6. The Labute approximate surface area is 165 Å². The quantitative estimate of drug-likeness (QED) is 0.365. The molecule has 0 aliphatic rings. The van der Waals surface area contributed by atoms with E-state index in [1.807, 2.05) is 6.07 Å². The van der Waals surface area contributed by atoms with E-state index in [4.69, 9.17) is 4.74 Å². The summed E-state index contributed by atoms with van der Waals surface area (Å²) in [7, 11) is 0. The van der Waals surface area contributed by atoms with Gasteiger partial charge in [0, 0.05) is 12.6 Å². The van der Waals surface area contributed by atoms with Crippen LogP contribution in [0.25, 0.3) is 0 Å². The maximum atomic E-state index is 11.7. The third-order valence-corrected chi connectivity index (χ3v) is 4.09. The summed E-state index contributed by atoms with van der Waals surface area (Å²) in [5, 5.41) is 43.2. The highest BCUT2D eigenvalue weighted by Gasteiger charge is 2.31. The van der Waals surface area contributed by atoms with E-state index in [1.165, 1.54) is 6.07 Å². The van der Waals surface area contributed by atoms with Crippen molar-refractivity contribution in [3.8, 4) is 0 Å². The lowest BCUT2D eigenvalue weighted by Gasteiger charge is -2.19. The fourth-order valence-corrected chi connectivity index (χ4v) is 2.66. The van der Waals surface area contributed by atoms with Crippen molar-refractivity contribution < 1.29 is 34.6 Å². The third kappa shape index (κ3) is 5.99. The predicted molar refractivity (Wildman–Crippen MR) is 100 cm³/mol. The summed E-state index contributed by atoms with van der Waals surface area (Å²) in [4.78, 5) is 33.3. The number of nitro benzene ring substituents is 1. The summed E-state index contributed by atoms with van der Waals surface area (Å²) in [6.45, 7) is -0.0507. The van der Waals surface area contributed by atoms with Crippen LogP contribution in [0, 0.1) is 10.1 Å². The molecule has 0 saturated carbocycles. The molecule has 0 aliphatic heterocycles. The highest BCUT2D eigenvalue weighted by atomic mass is 16.6. The number of nitro groups is 1. The number of hydrogen-bond acceptors (Lipinski definition) is 7. The van der Waals surface area contributed by atoms with Crippen molar-refractivity contribution in [1.29, 1.82) is 0 Å². The summed E-state index contributed by atoms with van der Waals surface area (Å²) in [6.07, 6.45) is -4.31. The first-order valence-corrected chi connectivity index (χ1v) is 8.62. The third-order valence-electron chi connectivity index (χ3n) is 4.09. The maximum absolute atomic E-state index is 11.7. The summed E-state index contributed by atoms with van der Waals surface area (Å²) >= 11 is 0. The lowest BCUT2D eigenvalue weighted by atomic mass is 9.95. The number of carboxylic acid groups (broad SMARTS) is 1. The number of carboxylic acids is 1. The van der Waals surface area contributed by atoms with Gasteiger partial charge < -0.3 is 25.4 Å². The van der Waals surface area contributed by atoms with Crippen LogP contribution in [-0.2, 0) is 11.3 Å². The number of aliphatic hydroxyl groups is 2. The average molecular weight is 404 g/mol. The molecule has 10 nitrogen and oxygen atoms in total. The second kappa shape index (κ2) is 10.2. The van der Waals surface area contributed by atoms with Crippen LogP contribution >= 0.6 is 0 Å². The van der Waals surface area contributed by atoms with Crippen molar-refractivity contribution in [3.05, 3.63) is 75.3 Å². The van der Waals surface area contributed by atoms with E-state index in [-0.39, 0.29) is 19.6 Å². The first kappa shape index (κ1) is 21.8. The molecule has 0 fully saturated rings. The molecule has 2 rings (SSSR count). The van der Waals surface area contributed by atoms with Crippen LogP contribution < -0.4 is 5.32 Å². The predicted octanol–water partition coefficient (Wildman–Crippen LogP) is 2.00. The van der Waals surface area contributed by atoms with Gasteiger partial charge in [-0.3, -0.25) is 10.1 Å². The molecule has 0 heterocycles. The Morgan fingerprint density at radius 2 is 1.79 bits per heavy atom. The van der Waals surface area contributed by atoms with Crippen LogP contribution in [0.15, 0.2) is 48.5 Å². The largest absolute Gasteiger partial charge is 0.478 e. The minimum absolute atomic E-state index is 0.0516. The van der Waals surface area contributed by atoms with Crippen molar-refractivity contribution >= 4 is 17.7 Å². The fourth-order valence-electron chi connectivity index (χ4n) is 2.66. The molecule has 2 atom stereocenters. The molecular formula is C19H20N2O8. The number of nitrogens with zero attached hydrogens (tertiary/aromatic N) is 1. The Balaban J connectivity index is 1.94. The van der Waals surface area contributed by atoms with Gasteiger partial charge in [0.15, 0.2) is 0 Å². The molecule has 2 unspecified atom stereocenters. The highest BCUT2D eigenvalue weighted by Crippen LogP contribution is 2.31. The molecule has 154 valence electrons. The molecule has 0 radical (unpaired) electrons. The minimum Gasteiger partial charge on any atom is -0.478 e. The smallest absolute Gasteiger partial charge is 0.407 e. The number of alkyl carbamates (subject to hydrolysis) is 1. The molecule has 2 aromatic carbocycles. The molecule has 10 heteroatoms. The van der Waals surface area contributed by atoms with Gasteiger partial charge in [0.1, 0.15) is 12.7 Å². The number of aromatic carboxylic acids is 1. The number of hydrogen-bond donors (Lipinski definition) is 4. The van der Waals surface area contributed by atoms with Crippen molar-refractivity contribution in [2.75, 3.05) is 6.54 Å². The van der Waals surface area contributed by atoms with Crippen molar-refractivity contribution in [1.82, 2.24) is 5.32 Å². The standard InChI is InChI=1S/C19H20N2O8/c22-15(9-10-20-19(26)29-11-12-5-2-1-3-6-12)17(23)16-13(18(24)25)7-4-8-14(16)21(27)28/h1-8,15,17,22-23H,9-11H2,(H,20,26)(H,24,25). The van der Waals surface area contributed by atoms with Crippen molar-refractivity contribution in [2.45, 2.75) is 25.2 Å². The zero-order valence-electron chi connectivity index (χ0n) is 15.2. The lowest BCUT2D eigenvalue weighted by molar-refractivity contribution is -0.386. The number of carbonyl (C=O) groups excluding carboxylic acids is 1. The monoisotopic (exact) mass is 404 g/mol. The van der Waals surface area contributed by atoms with E-state index in [9.17, 15) is 35.0 Å². The molecule has 0 spiro atoms. The van der Waals surface area contributed by atoms with Crippen LogP contribution in [0.3, 0.4) is 0 Å². The van der Waals surface area contributed by atoms with Gasteiger partial charge in [-0.1, -0.05) is 36.4 Å². The molecule has 4 N–H and O–H groups in total. The van der Waals surface area contributed by atoms with Crippen LogP contribution in [0.2, 0.25) is 0 Å². The summed E-state index contributed by atoms with van der Waals surface area (Å²) in [5.41, 5.74) is -0.812. The van der Waals surface area contributed by atoms with Gasteiger partial charge in [-0.2, -0.15) is 0 Å². The van der Waals surface area contributed by atoms with Gasteiger partial charge >= 0.3 is 12.1 Å². The van der Waals surface area contributed by atoms with Gasteiger partial charge in [-0.25, -0.2) is 9.59 Å². The van der Waals surface area contributed by atoms with E-state index >= 15 is 0 Å². The Morgan fingerprint density at radius 3 is 2.41 bits per heavy atom. The fraction of sp³-hybridized carbons (Fsp3) is 0.263. The molecule has 2 aromatic rings. The first-order valence-electron chi connectivity index (χ1n) is 8.62. The summed E-state index contributed by atoms with van der Waals surface area (Å²) < 4.78 is 4.99. The number of rotatable bonds is 9. The number of ether oxygens (including phenoxy) is 1. The highest BCUT2D eigenvalue weighted by molar-refractivity contribution is 5.91. The van der Waals surface area contributed by atoms with E-state index < -0.39 is 46.0 Å². The van der Waals surface area contributed by atoms with Crippen LogP contribution in [0.5, 0.6) is 0 Å². The van der Waals surface area contributed by atoms with Crippen LogP contribution in [0.4, 0.5) is 10.5 Å². The zero-order valence-corrected chi connectivity index (χ0v) is 15.2. The number of benzene rings is 2. The molecule has 29 heavy (non-hydrogen) atoms. The van der Waals surface area contributed by atoms with E-state index in [1.54, 1.807) is 24.3 Å². The van der Waals surface area contributed by atoms with Crippen LogP contribution in [0.1, 0.15) is 34.0 Å². The van der Waals surface area contributed by atoms with Gasteiger partial charge in [-0.05, 0) is 18.1 Å². The second-order valence-electron chi connectivity index (χ2n) is 6.09. The molecule has 1 amide bonds. The molecule has 0 aliphatic carbocycles. The van der Waals surface area contributed by atoms with Gasteiger partial charge in [-0.15, -0.1) is 0 Å². The van der Waals surface area contributed by atoms with Gasteiger partial charge in [0.2, 0.25) is 0 Å². The molecule has 0 aromatic heterocycles. The number of nitrogens with one attached hydrogen (secondary N) is 1. The Bertz CT molecular complexity index is 840. The second-order valence-corrected chi connectivity index (χ2v) is 6.09. The molecule has 0 saturated heterocycles. The number of aliphatic hydroxyl groups excluding tert-OH is 2. The van der Waals surface area contributed by atoms with E-state index in [2.05, 4.69) is 5.32 Å². The summed E-state index contributed by atoms with van der Waals surface area (Å²) in [6, 6.07) is 12.3. The maximum Gasteiger partial charge on any atom is 0.407 e. The van der Waals surface area contributed by atoms with E-state index in [0.717, 1.165) is 17.7 Å². The number of amides is 1. The SMILES string of the molecule is O=C(NCCC(O)C(O)c1c(C(=O)O)cccc1[N+](=O)[O-])OCc1ccccc1. The van der Waals surface area contributed by atoms with Gasteiger partial charge in [0.05, 0.1) is 22.2 Å². The van der Waals surface area contributed by atoms with Crippen molar-refractivity contribution in [3.63, 3.8) is 0 Å². The Kier molecular flexibility index (Phi) is 7.63. The first-order chi connectivity index (χ1) is 13.8. The summed E-state index contributed by atoms with van der Waals surface area (Å²) in [5.74, 6) is -1.47. The van der Waals surface area contributed by atoms with Crippen LogP contribution in [-0.4, -0.2) is 45.0 Å². The lowest BCUT2D eigenvalue weighted by Crippen LogP contribution is -2.30. The number of carbonyl (C=O) groups is 2. The Morgan fingerprint density at radius 1 is 1.10 bits per heavy atom. The van der Waals surface area contributed by atoms with Gasteiger partial charge in [0.25, 0.3) is 5.69 Å². The molecule has 0 bridgehead atoms. The topological polar surface area (TPSA) is 159 Å². The van der Waals surface area contributed by atoms with Crippen molar-refractivity contribution in [2.24, 2.45) is 0 Å². The average Bonchev–Trinajstić information content (AvgIpc) is 2.71. The van der Waals surface area contributed by atoms with E-state index in [0.29, 0.717) is 0 Å². The molecular weight excluding hydrogens is 384 g/mol.